The maximum Gasteiger partial charge on any atom is 0.228 e. The Hall–Kier alpha value is -3.44. The van der Waals surface area contributed by atoms with Gasteiger partial charge in [0.25, 0.3) is 0 Å². The quantitative estimate of drug-likeness (QED) is 0.280. The molecule has 9 nitrogen and oxygen atoms in total. The Morgan fingerprint density at radius 3 is 2.47 bits per heavy atom. The van der Waals surface area contributed by atoms with Crippen LogP contribution >= 0.6 is 23.5 Å². The predicted molar refractivity (Wildman–Crippen MR) is 136 cm³/mol. The van der Waals surface area contributed by atoms with Gasteiger partial charge < -0.3 is 20.1 Å². The molecule has 0 saturated carbocycles. The summed E-state index contributed by atoms with van der Waals surface area (Å²) >= 11 is 7.11. The van der Waals surface area contributed by atoms with Crippen LogP contribution < -0.4 is 20.1 Å². The Balaban J connectivity index is 0.00000158. The van der Waals surface area contributed by atoms with Crippen molar-refractivity contribution in [2.45, 2.75) is 18.7 Å². The summed E-state index contributed by atoms with van der Waals surface area (Å²) < 4.78 is 23.6. The molecule has 0 atom stereocenters. The standard InChI is InChI=1S/C20H18ClFN8OS.C2H6/c1-23-17-13(6-10-8-27-20(24-2)29-16(10)28-17)12-4-5-25-18(15(12)22)30-32-14-7-11(21)9-26-19(14)31-3;1-2/h4-9H,1-3H3,(H,25,30)(H2,23,24,27,28,29);1-2H3. The molecule has 34 heavy (non-hydrogen) atoms. The first-order valence-corrected chi connectivity index (χ1v) is 11.5. The summed E-state index contributed by atoms with van der Waals surface area (Å²) in [5.74, 6) is 0.783. The van der Waals surface area contributed by atoms with E-state index in [1.165, 1.54) is 19.5 Å². The zero-order valence-electron chi connectivity index (χ0n) is 19.3. The highest BCUT2D eigenvalue weighted by atomic mass is 35.5. The van der Waals surface area contributed by atoms with Crippen molar-refractivity contribution in [3.8, 4) is 17.0 Å². The van der Waals surface area contributed by atoms with E-state index in [1.807, 2.05) is 13.8 Å². The van der Waals surface area contributed by atoms with Crippen molar-refractivity contribution in [3.05, 3.63) is 47.6 Å². The number of hydrogen-bond acceptors (Lipinski definition) is 10. The second kappa shape index (κ2) is 11.6. The Bertz CT molecular complexity index is 1290. The highest BCUT2D eigenvalue weighted by Crippen LogP contribution is 2.35. The van der Waals surface area contributed by atoms with Crippen LogP contribution in [-0.4, -0.2) is 46.1 Å². The largest absolute Gasteiger partial charge is 0.480 e. The SMILES string of the molecule is CC.CNc1ncc2cc(-c3ccnc(NSc4cc(Cl)cnc4OC)c3F)c(NC)nc2n1. The minimum absolute atomic E-state index is 0.0402. The van der Waals surface area contributed by atoms with Crippen molar-refractivity contribution in [1.82, 2.24) is 24.9 Å². The number of anilines is 3. The molecule has 0 aromatic carbocycles. The number of ether oxygens (including phenoxy) is 1. The molecule has 0 unspecified atom stereocenters. The van der Waals surface area contributed by atoms with Crippen LogP contribution in [0, 0.1) is 5.82 Å². The molecule has 178 valence electrons. The van der Waals surface area contributed by atoms with E-state index in [-0.39, 0.29) is 5.82 Å². The summed E-state index contributed by atoms with van der Waals surface area (Å²) in [5.41, 5.74) is 1.35. The van der Waals surface area contributed by atoms with Crippen molar-refractivity contribution in [2.24, 2.45) is 0 Å². The van der Waals surface area contributed by atoms with Crippen LogP contribution in [0.2, 0.25) is 5.02 Å². The molecule has 12 heteroatoms. The fourth-order valence-corrected chi connectivity index (χ4v) is 3.92. The maximum atomic E-state index is 15.4. The van der Waals surface area contributed by atoms with Crippen LogP contribution in [0.15, 0.2) is 41.7 Å². The number of methoxy groups -OCH3 is 1. The lowest BCUT2D eigenvalue weighted by Gasteiger charge is -2.13. The van der Waals surface area contributed by atoms with Crippen LogP contribution in [0.4, 0.5) is 22.0 Å². The number of fused-ring (bicyclic) bond motifs is 1. The Labute approximate surface area is 206 Å². The average Bonchev–Trinajstić information content (AvgIpc) is 2.88. The van der Waals surface area contributed by atoms with Crippen molar-refractivity contribution in [1.29, 1.82) is 0 Å². The molecular formula is C22H24ClFN8OS. The van der Waals surface area contributed by atoms with E-state index in [0.717, 1.165) is 11.9 Å². The molecule has 4 aromatic rings. The number of nitrogens with one attached hydrogen (secondary N) is 3. The van der Waals surface area contributed by atoms with E-state index >= 15 is 4.39 Å². The molecule has 0 fully saturated rings. The molecule has 0 bridgehead atoms. The van der Waals surface area contributed by atoms with Gasteiger partial charge in [-0.2, -0.15) is 4.98 Å². The second-order valence-electron chi connectivity index (χ2n) is 6.38. The molecule has 0 saturated heterocycles. The zero-order valence-corrected chi connectivity index (χ0v) is 20.8. The highest BCUT2D eigenvalue weighted by molar-refractivity contribution is 8.00. The number of pyridine rings is 3. The molecule has 0 amide bonds. The van der Waals surface area contributed by atoms with E-state index < -0.39 is 5.82 Å². The lowest BCUT2D eigenvalue weighted by Crippen LogP contribution is -2.03. The number of aromatic nitrogens is 5. The van der Waals surface area contributed by atoms with Crippen molar-refractivity contribution < 1.29 is 9.13 Å². The van der Waals surface area contributed by atoms with E-state index in [9.17, 15) is 0 Å². The van der Waals surface area contributed by atoms with Crippen molar-refractivity contribution in [2.75, 3.05) is 36.6 Å². The van der Waals surface area contributed by atoms with E-state index in [2.05, 4.69) is 40.3 Å². The summed E-state index contributed by atoms with van der Waals surface area (Å²) in [5, 5.41) is 6.99. The van der Waals surface area contributed by atoms with Crippen LogP contribution in [0.25, 0.3) is 22.2 Å². The first-order valence-electron chi connectivity index (χ1n) is 10.3. The molecule has 3 N–H and O–H groups in total. The second-order valence-corrected chi connectivity index (χ2v) is 7.66. The minimum Gasteiger partial charge on any atom is -0.480 e. The monoisotopic (exact) mass is 502 g/mol. The van der Waals surface area contributed by atoms with Gasteiger partial charge in [-0.1, -0.05) is 25.4 Å². The maximum absolute atomic E-state index is 15.4. The fraction of sp³-hybridized carbons (Fsp3) is 0.227. The summed E-state index contributed by atoms with van der Waals surface area (Å²) in [6.07, 6.45) is 4.62. The molecule has 4 rings (SSSR count). The minimum atomic E-state index is -0.542. The van der Waals surface area contributed by atoms with Gasteiger partial charge in [0.15, 0.2) is 17.3 Å². The molecule has 0 aliphatic heterocycles. The first kappa shape index (κ1) is 25.2. The zero-order chi connectivity index (χ0) is 24.7. The Morgan fingerprint density at radius 1 is 0.971 bits per heavy atom. The van der Waals surface area contributed by atoms with Crippen molar-refractivity contribution in [3.63, 3.8) is 0 Å². The number of halogens is 2. The van der Waals surface area contributed by atoms with Gasteiger partial charge in [0.05, 0.1) is 17.0 Å². The molecule has 0 spiro atoms. The smallest absolute Gasteiger partial charge is 0.228 e. The van der Waals surface area contributed by atoms with E-state index in [1.54, 1.807) is 38.5 Å². The molecule has 0 aliphatic rings. The Morgan fingerprint density at radius 2 is 1.76 bits per heavy atom. The number of nitrogens with zero attached hydrogens (tertiary/aromatic N) is 5. The lowest BCUT2D eigenvalue weighted by atomic mass is 10.1. The predicted octanol–water partition coefficient (Wildman–Crippen LogP) is 5.51. The lowest BCUT2D eigenvalue weighted by molar-refractivity contribution is 0.387. The molecular weight excluding hydrogens is 479 g/mol. The van der Waals surface area contributed by atoms with Gasteiger partial charge in [-0.3, -0.25) is 0 Å². The fourth-order valence-electron chi connectivity index (χ4n) is 2.94. The topological polar surface area (TPSA) is 110 Å². The van der Waals surface area contributed by atoms with Gasteiger partial charge in [0.2, 0.25) is 11.8 Å². The first-order chi connectivity index (χ1) is 16.5. The Kier molecular flexibility index (Phi) is 8.61. The average molecular weight is 503 g/mol. The van der Waals surface area contributed by atoms with Crippen LogP contribution in [0.1, 0.15) is 13.8 Å². The third kappa shape index (κ3) is 5.37. The van der Waals surface area contributed by atoms with Crippen LogP contribution in [0.3, 0.4) is 0 Å². The van der Waals surface area contributed by atoms with Gasteiger partial charge in [-0.25, -0.2) is 24.3 Å². The third-order valence-electron chi connectivity index (χ3n) is 4.44. The summed E-state index contributed by atoms with van der Waals surface area (Å²) in [4.78, 5) is 21.9. The molecule has 0 radical (unpaired) electrons. The highest BCUT2D eigenvalue weighted by Gasteiger charge is 2.18. The summed E-state index contributed by atoms with van der Waals surface area (Å²) in [7, 11) is 4.93. The number of hydrogen-bond donors (Lipinski definition) is 3. The van der Waals surface area contributed by atoms with Crippen molar-refractivity contribution >= 4 is 52.2 Å². The van der Waals surface area contributed by atoms with Gasteiger partial charge in [-0.05, 0) is 30.1 Å². The van der Waals surface area contributed by atoms with Gasteiger partial charge >= 0.3 is 0 Å². The third-order valence-corrected chi connectivity index (χ3v) is 5.46. The van der Waals surface area contributed by atoms with E-state index in [4.69, 9.17) is 16.3 Å². The van der Waals surface area contributed by atoms with Crippen LogP contribution in [-0.2, 0) is 0 Å². The summed E-state index contributed by atoms with van der Waals surface area (Å²) in [6.45, 7) is 4.00. The summed E-state index contributed by atoms with van der Waals surface area (Å²) in [6, 6.07) is 5.03. The molecule has 4 aromatic heterocycles. The van der Waals surface area contributed by atoms with Gasteiger partial charge in [-0.15, -0.1) is 0 Å². The van der Waals surface area contributed by atoms with E-state index in [0.29, 0.717) is 49.7 Å². The molecule has 4 heterocycles. The molecule has 0 aliphatic carbocycles. The van der Waals surface area contributed by atoms with Crippen LogP contribution in [0.5, 0.6) is 5.88 Å². The van der Waals surface area contributed by atoms with Gasteiger partial charge in [0.1, 0.15) is 5.82 Å². The van der Waals surface area contributed by atoms with Gasteiger partial charge in [0, 0.05) is 49.2 Å². The normalized spacial score (nSPS) is 10.3. The number of rotatable bonds is 7.